The summed E-state index contributed by atoms with van der Waals surface area (Å²) in [5, 5.41) is 3.05. The first-order valence-electron chi connectivity index (χ1n) is 10.6. The van der Waals surface area contributed by atoms with E-state index in [0.29, 0.717) is 49.8 Å². The smallest absolute Gasteiger partial charge is 0.255 e. The Hall–Kier alpha value is -4.01. The van der Waals surface area contributed by atoms with E-state index in [-0.39, 0.29) is 18.4 Å². The maximum absolute atomic E-state index is 13.2. The molecule has 1 saturated heterocycles. The van der Waals surface area contributed by atoms with Gasteiger partial charge in [0, 0.05) is 44.8 Å². The second-order valence-electron chi connectivity index (χ2n) is 7.75. The van der Waals surface area contributed by atoms with Gasteiger partial charge in [-0.3, -0.25) is 14.6 Å². The first-order valence-corrected chi connectivity index (χ1v) is 10.6. The standard InChI is InChI=1S/C23H23N7O2/c31-21-15-27-22-19(30(21)16-17-4-2-1-3-5-17)12-18(13-26-22)23(32)29-10-8-28(9-11-29)20-14-24-6-7-25-20/h1-7,12-14H,8-11,15-16H2,(H,26,27). The van der Waals surface area contributed by atoms with Crippen molar-refractivity contribution in [3.63, 3.8) is 0 Å². The van der Waals surface area contributed by atoms with Crippen LogP contribution in [0.2, 0.25) is 0 Å². The van der Waals surface area contributed by atoms with Crippen molar-refractivity contribution in [1.82, 2.24) is 19.9 Å². The lowest BCUT2D eigenvalue weighted by molar-refractivity contribution is -0.117. The number of benzene rings is 1. The van der Waals surface area contributed by atoms with Gasteiger partial charge in [0.05, 0.1) is 30.5 Å². The van der Waals surface area contributed by atoms with Crippen molar-refractivity contribution >= 4 is 29.1 Å². The molecule has 2 aromatic heterocycles. The minimum atomic E-state index is -0.0863. The second kappa shape index (κ2) is 8.62. The molecule has 2 aliphatic heterocycles. The molecular formula is C23H23N7O2. The molecule has 0 unspecified atom stereocenters. The molecule has 2 amide bonds. The van der Waals surface area contributed by atoms with Gasteiger partial charge in [-0.05, 0) is 11.6 Å². The number of rotatable bonds is 4. The Morgan fingerprint density at radius 3 is 2.56 bits per heavy atom. The average Bonchev–Trinajstić information content (AvgIpc) is 2.86. The summed E-state index contributed by atoms with van der Waals surface area (Å²) in [4.78, 5) is 44.3. The van der Waals surface area contributed by atoms with Crippen LogP contribution in [0, 0.1) is 0 Å². The number of carbonyl (C=O) groups is 2. The molecular weight excluding hydrogens is 406 g/mol. The summed E-state index contributed by atoms with van der Waals surface area (Å²) >= 11 is 0. The molecule has 9 nitrogen and oxygen atoms in total. The second-order valence-corrected chi connectivity index (χ2v) is 7.75. The first kappa shape index (κ1) is 19.9. The highest BCUT2D eigenvalue weighted by atomic mass is 16.2. The summed E-state index contributed by atoms with van der Waals surface area (Å²) in [7, 11) is 0. The zero-order chi connectivity index (χ0) is 21.9. The average molecular weight is 429 g/mol. The van der Waals surface area contributed by atoms with Gasteiger partial charge in [0.15, 0.2) is 5.82 Å². The molecule has 32 heavy (non-hydrogen) atoms. The molecule has 5 rings (SSSR count). The van der Waals surface area contributed by atoms with Crippen LogP contribution in [0.4, 0.5) is 17.3 Å². The molecule has 0 atom stereocenters. The Labute approximate surface area is 185 Å². The van der Waals surface area contributed by atoms with E-state index in [2.05, 4.69) is 25.2 Å². The van der Waals surface area contributed by atoms with Crippen molar-refractivity contribution in [3.8, 4) is 0 Å². The van der Waals surface area contributed by atoms with Crippen molar-refractivity contribution < 1.29 is 9.59 Å². The van der Waals surface area contributed by atoms with Crippen LogP contribution in [0.1, 0.15) is 15.9 Å². The van der Waals surface area contributed by atoms with Crippen LogP contribution in [-0.2, 0) is 11.3 Å². The molecule has 1 fully saturated rings. The molecule has 0 bridgehead atoms. The van der Waals surface area contributed by atoms with Crippen LogP contribution >= 0.6 is 0 Å². The highest BCUT2D eigenvalue weighted by Crippen LogP contribution is 2.30. The molecule has 1 aromatic carbocycles. The third-order valence-corrected chi connectivity index (χ3v) is 5.74. The van der Waals surface area contributed by atoms with Gasteiger partial charge >= 0.3 is 0 Å². The maximum Gasteiger partial charge on any atom is 0.255 e. The molecule has 2 aliphatic rings. The van der Waals surface area contributed by atoms with Gasteiger partial charge < -0.3 is 20.0 Å². The van der Waals surface area contributed by atoms with E-state index in [1.165, 1.54) is 0 Å². The van der Waals surface area contributed by atoms with Crippen LogP contribution in [0.15, 0.2) is 61.2 Å². The summed E-state index contributed by atoms with van der Waals surface area (Å²) < 4.78 is 0. The zero-order valence-corrected chi connectivity index (χ0v) is 17.5. The Bertz CT molecular complexity index is 1120. The number of pyridine rings is 1. The highest BCUT2D eigenvalue weighted by molar-refractivity contribution is 6.04. The van der Waals surface area contributed by atoms with E-state index >= 15 is 0 Å². The molecule has 3 aromatic rings. The Balaban J connectivity index is 1.33. The molecule has 1 N–H and O–H groups in total. The number of nitrogens with one attached hydrogen (secondary N) is 1. The lowest BCUT2D eigenvalue weighted by atomic mass is 10.1. The normalized spacial score (nSPS) is 15.9. The molecule has 0 saturated carbocycles. The summed E-state index contributed by atoms with van der Waals surface area (Å²) in [6.45, 7) is 3.15. The van der Waals surface area contributed by atoms with Gasteiger partial charge in [0.2, 0.25) is 5.91 Å². The SMILES string of the molecule is O=C(c1cnc2c(c1)N(Cc1ccccc1)C(=O)CN2)N1CCN(c2cnccn2)CC1. The summed E-state index contributed by atoms with van der Waals surface area (Å²) in [5.41, 5.74) is 2.13. The highest BCUT2D eigenvalue weighted by Gasteiger charge is 2.28. The number of nitrogens with zero attached hydrogens (tertiary/aromatic N) is 6. The van der Waals surface area contributed by atoms with E-state index in [0.717, 1.165) is 11.4 Å². The van der Waals surface area contributed by atoms with Gasteiger partial charge in [-0.2, -0.15) is 0 Å². The molecule has 9 heteroatoms. The van der Waals surface area contributed by atoms with Crippen molar-refractivity contribution in [2.45, 2.75) is 6.54 Å². The molecule has 0 aliphatic carbocycles. The van der Waals surface area contributed by atoms with Gasteiger partial charge in [-0.25, -0.2) is 9.97 Å². The fraction of sp³-hybridized carbons (Fsp3) is 0.261. The van der Waals surface area contributed by atoms with Crippen LogP contribution in [0.5, 0.6) is 0 Å². The molecule has 4 heterocycles. The number of carbonyl (C=O) groups excluding carboxylic acids is 2. The lowest BCUT2D eigenvalue weighted by Crippen LogP contribution is -2.49. The minimum absolute atomic E-state index is 0.0506. The van der Waals surface area contributed by atoms with E-state index in [1.807, 2.05) is 35.2 Å². The summed E-state index contributed by atoms with van der Waals surface area (Å²) in [6.07, 6.45) is 6.63. The molecule has 0 radical (unpaired) electrons. The minimum Gasteiger partial charge on any atom is -0.359 e. The van der Waals surface area contributed by atoms with Gasteiger partial charge in [0.25, 0.3) is 5.91 Å². The quantitative estimate of drug-likeness (QED) is 0.676. The van der Waals surface area contributed by atoms with Crippen LogP contribution in [0.3, 0.4) is 0 Å². The predicted octanol–water partition coefficient (Wildman–Crippen LogP) is 1.79. The Morgan fingerprint density at radius 2 is 1.81 bits per heavy atom. The topological polar surface area (TPSA) is 94.6 Å². The summed E-state index contributed by atoms with van der Waals surface area (Å²) in [6, 6.07) is 11.6. The number of fused-ring (bicyclic) bond motifs is 1. The third-order valence-electron chi connectivity index (χ3n) is 5.74. The van der Waals surface area contributed by atoms with E-state index in [1.54, 1.807) is 35.8 Å². The monoisotopic (exact) mass is 429 g/mol. The van der Waals surface area contributed by atoms with Gasteiger partial charge in [0.1, 0.15) is 5.82 Å². The van der Waals surface area contributed by atoms with Crippen molar-refractivity contribution in [2.24, 2.45) is 0 Å². The first-order chi connectivity index (χ1) is 15.7. The number of amides is 2. The Morgan fingerprint density at radius 1 is 1.00 bits per heavy atom. The van der Waals surface area contributed by atoms with Crippen LogP contribution in [-0.4, -0.2) is 64.4 Å². The number of hydrogen-bond acceptors (Lipinski definition) is 7. The van der Waals surface area contributed by atoms with Gasteiger partial charge in [-0.15, -0.1) is 0 Å². The molecule has 162 valence electrons. The van der Waals surface area contributed by atoms with Crippen molar-refractivity contribution in [1.29, 1.82) is 0 Å². The van der Waals surface area contributed by atoms with E-state index in [9.17, 15) is 9.59 Å². The van der Waals surface area contributed by atoms with Crippen LogP contribution < -0.4 is 15.1 Å². The van der Waals surface area contributed by atoms with Crippen molar-refractivity contribution in [2.75, 3.05) is 47.8 Å². The predicted molar refractivity (Wildman–Crippen MR) is 121 cm³/mol. The van der Waals surface area contributed by atoms with Crippen LogP contribution in [0.25, 0.3) is 0 Å². The largest absolute Gasteiger partial charge is 0.359 e. The van der Waals surface area contributed by atoms with E-state index < -0.39 is 0 Å². The lowest BCUT2D eigenvalue weighted by Gasteiger charge is -2.35. The number of aromatic nitrogens is 3. The van der Waals surface area contributed by atoms with Crippen molar-refractivity contribution in [3.05, 3.63) is 72.3 Å². The number of piperazine rings is 1. The fourth-order valence-corrected chi connectivity index (χ4v) is 4.02. The third kappa shape index (κ3) is 3.96. The Kier molecular flexibility index (Phi) is 5.37. The summed E-state index contributed by atoms with van der Waals surface area (Å²) in [5.74, 6) is 1.29. The maximum atomic E-state index is 13.2. The van der Waals surface area contributed by atoms with Gasteiger partial charge in [-0.1, -0.05) is 30.3 Å². The number of anilines is 3. The molecule has 0 spiro atoms. The zero-order valence-electron chi connectivity index (χ0n) is 17.5. The number of hydrogen-bond donors (Lipinski definition) is 1. The fourth-order valence-electron chi connectivity index (χ4n) is 4.02. The van der Waals surface area contributed by atoms with E-state index in [4.69, 9.17) is 0 Å².